The maximum Gasteiger partial charge on any atom is 0.243 e. The first-order chi connectivity index (χ1) is 16.8. The molecular weight excluding hydrogens is 443 g/mol. The number of amides is 2. The minimum absolute atomic E-state index is 0.00314. The zero-order valence-electron chi connectivity index (χ0n) is 20.5. The Hall–Kier alpha value is -3.48. The van der Waals surface area contributed by atoms with Crippen molar-refractivity contribution in [3.8, 4) is 0 Å². The van der Waals surface area contributed by atoms with Crippen LogP contribution in [0.25, 0.3) is 0 Å². The third-order valence-corrected chi connectivity index (χ3v) is 6.66. The number of imidazole rings is 1. The zero-order valence-corrected chi connectivity index (χ0v) is 20.5. The Kier molecular flexibility index (Phi) is 7.63. The molecule has 0 aliphatic carbocycles. The molecule has 6 nitrogen and oxygen atoms in total. The van der Waals surface area contributed by atoms with E-state index in [2.05, 4.69) is 36.3 Å². The van der Waals surface area contributed by atoms with Crippen LogP contribution in [0.1, 0.15) is 55.8 Å². The largest absolute Gasteiger partial charge is 0.343 e. The Balaban J connectivity index is 1.54. The lowest BCUT2D eigenvalue weighted by atomic mass is 9.95. The van der Waals surface area contributed by atoms with Crippen molar-refractivity contribution in [2.75, 3.05) is 6.54 Å². The van der Waals surface area contributed by atoms with Crippen LogP contribution in [0.5, 0.6) is 0 Å². The fourth-order valence-electron chi connectivity index (χ4n) is 4.67. The Labute approximate surface area is 206 Å². The summed E-state index contributed by atoms with van der Waals surface area (Å²) < 4.78 is 16.3. The van der Waals surface area contributed by atoms with Crippen molar-refractivity contribution in [2.24, 2.45) is 5.92 Å². The van der Waals surface area contributed by atoms with Crippen molar-refractivity contribution < 1.29 is 14.0 Å². The molecule has 1 fully saturated rings. The van der Waals surface area contributed by atoms with E-state index in [0.717, 1.165) is 11.1 Å². The first-order valence-electron chi connectivity index (χ1n) is 12.2. The summed E-state index contributed by atoms with van der Waals surface area (Å²) in [6.45, 7) is 6.43. The summed E-state index contributed by atoms with van der Waals surface area (Å²) in [5, 5.41) is 3.12. The quantitative estimate of drug-likeness (QED) is 0.521. The molecule has 7 heteroatoms. The smallest absolute Gasteiger partial charge is 0.243 e. The van der Waals surface area contributed by atoms with E-state index in [0.29, 0.717) is 12.5 Å². The summed E-state index contributed by atoms with van der Waals surface area (Å²) in [5.74, 6) is -0.567. The molecule has 184 valence electrons. The molecule has 0 saturated carbocycles. The van der Waals surface area contributed by atoms with E-state index < -0.39 is 24.2 Å². The summed E-state index contributed by atoms with van der Waals surface area (Å²) in [5.41, 5.74) is 3.08. The van der Waals surface area contributed by atoms with Crippen LogP contribution in [0.3, 0.4) is 0 Å². The highest BCUT2D eigenvalue weighted by Crippen LogP contribution is 2.28. The SMILES string of the molecule is CC(Cn1ccnc1)C(=O)N1CC(F)CC1C(=O)NC(c1ccccc1)c1ccc(C(C)C)cc1. The second-order valence-corrected chi connectivity index (χ2v) is 9.67. The number of hydrogen-bond donors (Lipinski definition) is 1. The van der Waals surface area contributed by atoms with Gasteiger partial charge in [0.1, 0.15) is 12.2 Å². The summed E-state index contributed by atoms with van der Waals surface area (Å²) in [6.07, 6.45) is 3.85. The van der Waals surface area contributed by atoms with Crippen LogP contribution in [0.15, 0.2) is 73.3 Å². The number of carbonyl (C=O) groups is 2. The number of likely N-dealkylation sites (tertiary alicyclic amines) is 1. The predicted molar refractivity (Wildman–Crippen MR) is 133 cm³/mol. The average Bonchev–Trinajstić information content (AvgIpc) is 3.52. The molecule has 1 aliphatic rings. The number of nitrogens with zero attached hydrogens (tertiary/aromatic N) is 3. The second kappa shape index (κ2) is 10.8. The van der Waals surface area contributed by atoms with Crippen molar-refractivity contribution in [1.82, 2.24) is 19.8 Å². The number of hydrogen-bond acceptors (Lipinski definition) is 3. The Morgan fingerprint density at radius 3 is 2.31 bits per heavy atom. The van der Waals surface area contributed by atoms with Gasteiger partial charge in [-0.2, -0.15) is 0 Å². The summed E-state index contributed by atoms with van der Waals surface area (Å²) in [6, 6.07) is 16.7. The van der Waals surface area contributed by atoms with Crippen molar-refractivity contribution in [3.05, 3.63) is 90.0 Å². The minimum atomic E-state index is -1.23. The number of aromatic nitrogens is 2. The van der Waals surface area contributed by atoms with Gasteiger partial charge in [0.05, 0.1) is 24.8 Å². The lowest BCUT2D eigenvalue weighted by Crippen LogP contribution is -2.48. The van der Waals surface area contributed by atoms with Gasteiger partial charge in [0, 0.05) is 25.4 Å². The number of halogens is 1. The molecule has 1 saturated heterocycles. The third-order valence-electron chi connectivity index (χ3n) is 6.66. The molecule has 4 atom stereocenters. The van der Waals surface area contributed by atoms with Crippen LogP contribution >= 0.6 is 0 Å². The van der Waals surface area contributed by atoms with Gasteiger partial charge in [0.2, 0.25) is 11.8 Å². The molecule has 4 unspecified atom stereocenters. The highest BCUT2D eigenvalue weighted by Gasteiger charge is 2.41. The number of carbonyl (C=O) groups excluding carboxylic acids is 2. The Morgan fingerprint density at radius 1 is 1.03 bits per heavy atom. The van der Waals surface area contributed by atoms with Crippen LogP contribution < -0.4 is 5.32 Å². The maximum absolute atomic E-state index is 14.5. The van der Waals surface area contributed by atoms with Gasteiger partial charge in [0.25, 0.3) is 0 Å². The molecule has 0 bridgehead atoms. The van der Waals surface area contributed by atoms with Gasteiger partial charge in [-0.25, -0.2) is 9.37 Å². The van der Waals surface area contributed by atoms with Gasteiger partial charge >= 0.3 is 0 Å². The molecule has 0 radical (unpaired) electrons. The number of rotatable bonds is 8. The summed E-state index contributed by atoms with van der Waals surface area (Å²) >= 11 is 0. The van der Waals surface area contributed by atoms with Gasteiger partial charge in [-0.1, -0.05) is 75.4 Å². The maximum atomic E-state index is 14.5. The molecule has 2 aromatic carbocycles. The molecular formula is C28H33FN4O2. The predicted octanol–water partition coefficient (Wildman–Crippen LogP) is 4.49. The van der Waals surface area contributed by atoms with Crippen LogP contribution in [0, 0.1) is 5.92 Å². The van der Waals surface area contributed by atoms with E-state index in [1.54, 1.807) is 25.6 Å². The fourth-order valence-corrected chi connectivity index (χ4v) is 4.67. The Bertz CT molecular complexity index is 1120. The highest BCUT2D eigenvalue weighted by atomic mass is 19.1. The molecule has 4 rings (SSSR count). The second-order valence-electron chi connectivity index (χ2n) is 9.67. The molecule has 1 N–H and O–H groups in total. The lowest BCUT2D eigenvalue weighted by Gasteiger charge is -2.29. The number of alkyl halides is 1. The average molecular weight is 477 g/mol. The van der Waals surface area contributed by atoms with Crippen LogP contribution in [0.2, 0.25) is 0 Å². The summed E-state index contributed by atoms with van der Waals surface area (Å²) in [7, 11) is 0. The van der Waals surface area contributed by atoms with Crippen molar-refractivity contribution in [3.63, 3.8) is 0 Å². The van der Waals surface area contributed by atoms with Crippen LogP contribution in [-0.2, 0) is 16.1 Å². The Morgan fingerprint density at radius 2 is 1.69 bits per heavy atom. The third kappa shape index (κ3) is 5.78. The van der Waals surface area contributed by atoms with Gasteiger partial charge in [-0.05, 0) is 22.6 Å². The van der Waals surface area contributed by atoms with Crippen LogP contribution in [0.4, 0.5) is 4.39 Å². The van der Waals surface area contributed by atoms with Crippen molar-refractivity contribution in [2.45, 2.75) is 57.9 Å². The van der Waals surface area contributed by atoms with E-state index in [9.17, 15) is 14.0 Å². The minimum Gasteiger partial charge on any atom is -0.343 e. The van der Waals surface area contributed by atoms with Crippen molar-refractivity contribution >= 4 is 11.8 Å². The van der Waals surface area contributed by atoms with Gasteiger partial charge in [0.15, 0.2) is 0 Å². The van der Waals surface area contributed by atoms with E-state index >= 15 is 0 Å². The van der Waals surface area contributed by atoms with Crippen LogP contribution in [-0.4, -0.2) is 45.0 Å². The zero-order chi connectivity index (χ0) is 24.9. The van der Waals surface area contributed by atoms with E-state index in [-0.39, 0.29) is 24.8 Å². The normalized spacial score (nSPS) is 19.5. The van der Waals surface area contributed by atoms with Gasteiger partial charge < -0.3 is 14.8 Å². The molecule has 2 amide bonds. The molecule has 1 aliphatic heterocycles. The molecule has 2 heterocycles. The van der Waals surface area contributed by atoms with E-state index in [4.69, 9.17) is 0 Å². The molecule has 1 aromatic heterocycles. The first-order valence-corrected chi connectivity index (χ1v) is 12.2. The molecule has 35 heavy (non-hydrogen) atoms. The number of benzene rings is 2. The molecule has 3 aromatic rings. The lowest BCUT2D eigenvalue weighted by molar-refractivity contribution is -0.141. The molecule has 0 spiro atoms. The van der Waals surface area contributed by atoms with Gasteiger partial charge in [-0.3, -0.25) is 9.59 Å². The summed E-state index contributed by atoms with van der Waals surface area (Å²) in [4.78, 5) is 32.1. The topological polar surface area (TPSA) is 67.2 Å². The van der Waals surface area contributed by atoms with E-state index in [1.807, 2.05) is 47.0 Å². The first kappa shape index (κ1) is 24.6. The highest BCUT2D eigenvalue weighted by molar-refractivity contribution is 5.89. The van der Waals surface area contributed by atoms with E-state index in [1.165, 1.54) is 10.5 Å². The standard InChI is InChI=1S/C28H33FN4O2/c1-19(2)21-9-11-23(12-10-21)26(22-7-5-4-6-8-22)31-27(34)25-15-24(29)17-33(25)28(35)20(3)16-32-14-13-30-18-32/h4-14,18-20,24-26H,15-17H2,1-3H3,(H,31,34). The number of nitrogens with one attached hydrogen (secondary N) is 1. The fraction of sp³-hybridized carbons (Fsp3) is 0.393. The monoisotopic (exact) mass is 476 g/mol. The van der Waals surface area contributed by atoms with Gasteiger partial charge in [-0.15, -0.1) is 0 Å². The van der Waals surface area contributed by atoms with Crippen molar-refractivity contribution in [1.29, 1.82) is 0 Å².